The van der Waals surface area contributed by atoms with Gasteiger partial charge in [-0.25, -0.2) is 0 Å². The summed E-state index contributed by atoms with van der Waals surface area (Å²) in [5.74, 6) is 0. The Morgan fingerprint density at radius 2 is 1.10 bits per heavy atom. The van der Waals surface area contributed by atoms with E-state index >= 15 is 0 Å². The van der Waals surface area contributed by atoms with Crippen LogP contribution < -0.4 is 0 Å². The monoisotopic (exact) mass is 499 g/mol. The lowest BCUT2D eigenvalue weighted by Gasteiger charge is -2.12. The number of rotatable bonds is 2. The summed E-state index contributed by atoms with van der Waals surface area (Å²) < 4.78 is 10.9. The quantitative estimate of drug-likeness (QED) is 0.238. The third kappa shape index (κ3) is 2.75. The molecular weight excluding hydrogens is 478 g/mol. The van der Waals surface area contributed by atoms with E-state index in [1.807, 2.05) is 18.3 Å². The lowest BCUT2D eigenvalue weighted by molar-refractivity contribution is 0.669. The summed E-state index contributed by atoms with van der Waals surface area (Å²) in [4.78, 5) is 5.09. The Morgan fingerprint density at radius 3 is 1.95 bits per heavy atom. The van der Waals surface area contributed by atoms with Gasteiger partial charge in [0.15, 0.2) is 0 Å². The maximum Gasteiger partial charge on any atom is 0.135 e. The van der Waals surface area contributed by atoms with Gasteiger partial charge in [-0.05, 0) is 48.5 Å². The van der Waals surface area contributed by atoms with Crippen LogP contribution in [0.5, 0.6) is 0 Å². The van der Waals surface area contributed by atoms with Crippen LogP contribution in [0.4, 0.5) is 0 Å². The Hall–Kier alpha value is -5.35. The largest absolute Gasteiger partial charge is 0.456 e. The van der Waals surface area contributed by atoms with Crippen LogP contribution in [0.3, 0.4) is 0 Å². The zero-order valence-electron chi connectivity index (χ0n) is 20.9. The molecular formula is C35H21N3O. The van der Waals surface area contributed by atoms with Crippen molar-refractivity contribution < 1.29 is 4.42 Å². The smallest absolute Gasteiger partial charge is 0.135 e. The molecule has 0 aliphatic rings. The highest BCUT2D eigenvalue weighted by Gasteiger charge is 2.22. The lowest BCUT2D eigenvalue weighted by atomic mass is 10.1. The van der Waals surface area contributed by atoms with Gasteiger partial charge in [0.2, 0.25) is 0 Å². The molecule has 0 aliphatic carbocycles. The number of aromatic nitrogens is 3. The molecule has 0 spiro atoms. The van der Waals surface area contributed by atoms with E-state index < -0.39 is 0 Å². The number of hydrogen-bond donors (Lipinski definition) is 0. The van der Waals surface area contributed by atoms with Crippen LogP contribution in [0, 0.1) is 0 Å². The summed E-state index contributed by atoms with van der Waals surface area (Å²) in [5.41, 5.74) is 9.55. The van der Waals surface area contributed by atoms with E-state index in [0.29, 0.717) is 0 Å². The molecule has 0 radical (unpaired) electrons. The highest BCUT2D eigenvalue weighted by Crippen LogP contribution is 2.41. The first kappa shape index (κ1) is 20.7. The van der Waals surface area contributed by atoms with Crippen molar-refractivity contribution in [3.8, 4) is 11.4 Å². The second-order valence-electron chi connectivity index (χ2n) is 10.0. The molecule has 9 aromatic rings. The van der Waals surface area contributed by atoms with E-state index in [4.69, 9.17) is 9.40 Å². The molecule has 182 valence electrons. The van der Waals surface area contributed by atoms with Gasteiger partial charge >= 0.3 is 0 Å². The molecule has 9 rings (SSSR count). The Labute approximate surface area is 222 Å². The Balaban J connectivity index is 1.51. The van der Waals surface area contributed by atoms with Crippen molar-refractivity contribution in [1.82, 2.24) is 14.1 Å². The van der Waals surface area contributed by atoms with Gasteiger partial charge in [0.1, 0.15) is 11.2 Å². The van der Waals surface area contributed by atoms with Crippen molar-refractivity contribution >= 4 is 65.7 Å². The molecule has 4 aromatic heterocycles. The molecule has 39 heavy (non-hydrogen) atoms. The molecule has 4 nitrogen and oxygen atoms in total. The summed E-state index contributed by atoms with van der Waals surface area (Å²) in [7, 11) is 0. The fourth-order valence-corrected chi connectivity index (χ4v) is 6.30. The maximum atomic E-state index is 6.16. The summed E-state index contributed by atoms with van der Waals surface area (Å²) in [5, 5.41) is 5.70. The van der Waals surface area contributed by atoms with Gasteiger partial charge < -0.3 is 13.6 Å². The minimum atomic E-state index is 0.891. The average Bonchev–Trinajstić information content (AvgIpc) is 3.65. The van der Waals surface area contributed by atoms with E-state index in [-0.39, 0.29) is 0 Å². The van der Waals surface area contributed by atoms with Crippen molar-refractivity contribution in [2.75, 3.05) is 0 Å². The van der Waals surface area contributed by atoms with E-state index in [0.717, 1.165) is 66.2 Å². The van der Waals surface area contributed by atoms with Crippen molar-refractivity contribution in [3.63, 3.8) is 0 Å². The van der Waals surface area contributed by atoms with Crippen molar-refractivity contribution in [3.05, 3.63) is 128 Å². The van der Waals surface area contributed by atoms with E-state index in [1.165, 1.54) is 10.9 Å². The van der Waals surface area contributed by atoms with Crippen LogP contribution in [-0.4, -0.2) is 14.1 Å². The second-order valence-corrected chi connectivity index (χ2v) is 10.0. The third-order valence-electron chi connectivity index (χ3n) is 7.94. The second kappa shape index (κ2) is 7.59. The van der Waals surface area contributed by atoms with Crippen LogP contribution in [0.2, 0.25) is 0 Å². The van der Waals surface area contributed by atoms with Gasteiger partial charge in [-0.15, -0.1) is 0 Å². The highest BCUT2D eigenvalue weighted by atomic mass is 16.3. The van der Waals surface area contributed by atoms with Crippen molar-refractivity contribution in [1.29, 1.82) is 0 Å². The first-order chi connectivity index (χ1) is 19.4. The molecule has 0 N–H and O–H groups in total. The van der Waals surface area contributed by atoms with Gasteiger partial charge in [-0.2, -0.15) is 0 Å². The number of pyridine rings is 1. The number of para-hydroxylation sites is 4. The number of benzene rings is 5. The van der Waals surface area contributed by atoms with Crippen LogP contribution >= 0.6 is 0 Å². The molecule has 0 saturated heterocycles. The van der Waals surface area contributed by atoms with E-state index in [1.54, 1.807) is 0 Å². The molecule has 0 fully saturated rings. The van der Waals surface area contributed by atoms with Gasteiger partial charge in [0, 0.05) is 44.5 Å². The standard InChI is InChI=1S/C35H21N3O/c1-2-10-22(11-3-1)37-29-15-7-4-12-24(29)28-21-36-33-26-14-5-8-16-30(26)38(35(33)34(28)37)23-18-19-32-27(20-23)25-13-6-9-17-31(25)39-32/h1-21H. The van der Waals surface area contributed by atoms with Gasteiger partial charge in [0.05, 0.1) is 27.6 Å². The zero-order chi connectivity index (χ0) is 25.5. The lowest BCUT2D eigenvalue weighted by Crippen LogP contribution is -1.99. The first-order valence-corrected chi connectivity index (χ1v) is 13.2. The summed E-state index contributed by atoms with van der Waals surface area (Å²) in [6, 6.07) is 42.5. The fourth-order valence-electron chi connectivity index (χ4n) is 6.30. The molecule has 0 aliphatic heterocycles. The van der Waals surface area contributed by atoms with E-state index in [2.05, 4.69) is 118 Å². The van der Waals surface area contributed by atoms with Gasteiger partial charge in [-0.1, -0.05) is 72.8 Å². The SMILES string of the molecule is c1ccc(-n2c3ccccc3c3cnc4c5ccccc5n(-c5ccc6oc7ccccc7c6c5)c4c32)cc1. The minimum absolute atomic E-state index is 0.891. The first-order valence-electron chi connectivity index (χ1n) is 13.2. The number of furan rings is 1. The highest BCUT2D eigenvalue weighted by molar-refractivity contribution is 6.22. The summed E-state index contributed by atoms with van der Waals surface area (Å²) >= 11 is 0. The number of fused-ring (bicyclic) bond motifs is 10. The van der Waals surface area contributed by atoms with Crippen molar-refractivity contribution in [2.24, 2.45) is 0 Å². The molecule has 0 bridgehead atoms. The van der Waals surface area contributed by atoms with Crippen LogP contribution in [0.1, 0.15) is 0 Å². The molecule has 0 amide bonds. The molecule has 0 unspecified atom stereocenters. The molecule has 0 saturated carbocycles. The van der Waals surface area contributed by atoms with Crippen LogP contribution in [-0.2, 0) is 0 Å². The predicted octanol–water partition coefficient (Wildman–Crippen LogP) is 9.18. The van der Waals surface area contributed by atoms with Crippen LogP contribution in [0.15, 0.2) is 132 Å². The molecule has 5 aromatic carbocycles. The predicted molar refractivity (Wildman–Crippen MR) is 160 cm³/mol. The average molecular weight is 500 g/mol. The maximum absolute atomic E-state index is 6.16. The Kier molecular flexibility index (Phi) is 4.02. The normalized spacial score (nSPS) is 12.1. The van der Waals surface area contributed by atoms with E-state index in [9.17, 15) is 0 Å². The molecule has 0 atom stereocenters. The van der Waals surface area contributed by atoms with Gasteiger partial charge in [-0.3, -0.25) is 4.98 Å². The van der Waals surface area contributed by atoms with Crippen LogP contribution in [0.25, 0.3) is 77.1 Å². The number of hydrogen-bond acceptors (Lipinski definition) is 2. The molecule has 4 heterocycles. The Bertz CT molecular complexity index is 2390. The summed E-state index contributed by atoms with van der Waals surface area (Å²) in [6.07, 6.45) is 2.04. The Morgan fingerprint density at radius 1 is 0.462 bits per heavy atom. The minimum Gasteiger partial charge on any atom is -0.456 e. The number of nitrogens with zero attached hydrogens (tertiary/aromatic N) is 3. The molecule has 4 heteroatoms. The third-order valence-corrected chi connectivity index (χ3v) is 7.94. The zero-order valence-corrected chi connectivity index (χ0v) is 20.9. The fraction of sp³-hybridized carbons (Fsp3) is 0. The summed E-state index contributed by atoms with van der Waals surface area (Å²) in [6.45, 7) is 0. The van der Waals surface area contributed by atoms with Gasteiger partial charge in [0.25, 0.3) is 0 Å². The van der Waals surface area contributed by atoms with Crippen molar-refractivity contribution in [2.45, 2.75) is 0 Å². The topological polar surface area (TPSA) is 35.9 Å².